The Labute approximate surface area is 215 Å². The summed E-state index contributed by atoms with van der Waals surface area (Å²) in [7, 11) is 4.79. The highest BCUT2D eigenvalue weighted by molar-refractivity contribution is 5.86. The molecule has 0 saturated heterocycles. The lowest BCUT2D eigenvalue weighted by Crippen LogP contribution is -2.34. The molecule has 0 bridgehead atoms. The normalized spacial score (nSPS) is 13.2. The number of hydrogen-bond acceptors (Lipinski definition) is 9. The van der Waals surface area contributed by atoms with Crippen LogP contribution in [0.15, 0.2) is 39.5 Å². The van der Waals surface area contributed by atoms with Gasteiger partial charge in [0.25, 0.3) is 0 Å². The van der Waals surface area contributed by atoms with Crippen molar-refractivity contribution in [1.82, 2.24) is 4.90 Å². The molecule has 0 radical (unpaired) electrons. The minimum absolute atomic E-state index is 0.212. The van der Waals surface area contributed by atoms with Crippen molar-refractivity contribution in [3.8, 4) is 17.2 Å². The largest absolute Gasteiger partial charge is 0.493 e. The predicted molar refractivity (Wildman–Crippen MR) is 138 cm³/mol. The second-order valence-corrected chi connectivity index (χ2v) is 8.95. The quantitative estimate of drug-likeness (QED) is 0.217. The topological polar surface area (TPSA) is 96.7 Å². The highest BCUT2D eigenvalue weighted by atomic mass is 16.6. The van der Waals surface area contributed by atoms with Gasteiger partial charge >= 0.3 is 11.6 Å². The van der Waals surface area contributed by atoms with Gasteiger partial charge in [-0.15, -0.1) is 0 Å². The van der Waals surface area contributed by atoms with E-state index in [2.05, 4.69) is 4.90 Å². The van der Waals surface area contributed by atoms with Crippen LogP contribution in [0.5, 0.6) is 17.2 Å². The number of esters is 1. The van der Waals surface area contributed by atoms with Crippen LogP contribution in [0.2, 0.25) is 0 Å². The molecule has 3 aromatic rings. The highest BCUT2D eigenvalue weighted by Gasteiger charge is 2.25. The SMILES string of the molecule is COCCOC(=O)CCc1cc2c(C)cc(=O)oc2c2c1OCN(CCc1ccc(OC)c(OC)c1)C2. The van der Waals surface area contributed by atoms with Gasteiger partial charge in [-0.2, -0.15) is 0 Å². The molecule has 0 fully saturated rings. The summed E-state index contributed by atoms with van der Waals surface area (Å²) in [6.45, 7) is 4.12. The molecule has 0 unspecified atom stereocenters. The third kappa shape index (κ3) is 6.23. The van der Waals surface area contributed by atoms with Gasteiger partial charge < -0.3 is 28.1 Å². The monoisotopic (exact) mass is 511 g/mol. The summed E-state index contributed by atoms with van der Waals surface area (Å²) in [5.41, 5.74) is 3.77. The number of methoxy groups -OCH3 is 3. The molecule has 0 saturated carbocycles. The molecule has 0 aliphatic carbocycles. The Kier molecular flexibility index (Phi) is 8.68. The van der Waals surface area contributed by atoms with E-state index in [1.807, 2.05) is 31.2 Å². The minimum atomic E-state index is -0.399. The summed E-state index contributed by atoms with van der Waals surface area (Å²) >= 11 is 0. The number of nitrogens with zero attached hydrogens (tertiary/aromatic N) is 1. The Hall–Kier alpha value is -3.56. The van der Waals surface area contributed by atoms with Crippen LogP contribution in [-0.2, 0) is 33.7 Å². The third-order valence-corrected chi connectivity index (χ3v) is 6.45. The molecule has 1 aliphatic rings. The molecule has 4 rings (SSSR count). The van der Waals surface area contributed by atoms with E-state index in [4.69, 9.17) is 28.1 Å². The van der Waals surface area contributed by atoms with Gasteiger partial charge in [0.1, 0.15) is 24.7 Å². The van der Waals surface area contributed by atoms with Crippen LogP contribution < -0.4 is 19.8 Å². The van der Waals surface area contributed by atoms with E-state index in [1.54, 1.807) is 21.3 Å². The van der Waals surface area contributed by atoms with Crippen LogP contribution in [-0.4, -0.2) is 58.7 Å². The Morgan fingerprint density at radius 2 is 1.84 bits per heavy atom. The van der Waals surface area contributed by atoms with E-state index in [0.29, 0.717) is 49.1 Å². The zero-order valence-corrected chi connectivity index (χ0v) is 21.8. The van der Waals surface area contributed by atoms with Crippen LogP contribution in [0.25, 0.3) is 11.0 Å². The smallest absolute Gasteiger partial charge is 0.336 e. The number of rotatable bonds is 11. The maximum Gasteiger partial charge on any atom is 0.336 e. The summed E-state index contributed by atoms with van der Waals surface area (Å²) in [4.78, 5) is 26.6. The third-order valence-electron chi connectivity index (χ3n) is 6.45. The number of hydrogen-bond donors (Lipinski definition) is 0. The summed E-state index contributed by atoms with van der Waals surface area (Å²) in [6, 6.07) is 9.32. The first kappa shape index (κ1) is 26.5. The van der Waals surface area contributed by atoms with Gasteiger partial charge in [-0.1, -0.05) is 6.07 Å². The van der Waals surface area contributed by atoms with Crippen molar-refractivity contribution in [3.63, 3.8) is 0 Å². The fourth-order valence-electron chi connectivity index (χ4n) is 4.51. The second-order valence-electron chi connectivity index (χ2n) is 8.95. The minimum Gasteiger partial charge on any atom is -0.493 e. The molecule has 2 aromatic carbocycles. The van der Waals surface area contributed by atoms with Crippen LogP contribution in [0.3, 0.4) is 0 Å². The number of carbonyl (C=O) groups is 1. The van der Waals surface area contributed by atoms with Crippen molar-refractivity contribution in [2.75, 3.05) is 47.8 Å². The van der Waals surface area contributed by atoms with Crippen molar-refractivity contribution in [2.45, 2.75) is 32.7 Å². The van der Waals surface area contributed by atoms with Gasteiger partial charge in [-0.25, -0.2) is 4.79 Å². The molecule has 0 N–H and O–H groups in total. The fraction of sp³-hybridized carbons (Fsp3) is 0.429. The van der Waals surface area contributed by atoms with Gasteiger partial charge in [0.2, 0.25) is 0 Å². The molecule has 9 nitrogen and oxygen atoms in total. The van der Waals surface area contributed by atoms with Gasteiger partial charge in [-0.3, -0.25) is 9.69 Å². The highest BCUT2D eigenvalue weighted by Crippen LogP contribution is 2.37. The molecule has 37 heavy (non-hydrogen) atoms. The van der Waals surface area contributed by atoms with Crippen molar-refractivity contribution in [1.29, 1.82) is 0 Å². The zero-order valence-electron chi connectivity index (χ0n) is 21.8. The molecule has 0 amide bonds. The van der Waals surface area contributed by atoms with E-state index in [9.17, 15) is 9.59 Å². The number of carbonyl (C=O) groups excluding carboxylic acids is 1. The van der Waals surface area contributed by atoms with Gasteiger partial charge in [0, 0.05) is 38.1 Å². The Bertz CT molecular complexity index is 1320. The first-order chi connectivity index (χ1) is 17.9. The van der Waals surface area contributed by atoms with Crippen molar-refractivity contribution < 1.29 is 32.9 Å². The van der Waals surface area contributed by atoms with E-state index >= 15 is 0 Å². The lowest BCUT2D eigenvalue weighted by atomic mass is 9.97. The van der Waals surface area contributed by atoms with Crippen molar-refractivity contribution in [3.05, 3.63) is 63.0 Å². The summed E-state index contributed by atoms with van der Waals surface area (Å²) in [6.07, 6.45) is 1.44. The Morgan fingerprint density at radius 3 is 2.59 bits per heavy atom. The number of benzene rings is 2. The average Bonchev–Trinajstić information content (AvgIpc) is 2.90. The van der Waals surface area contributed by atoms with Gasteiger partial charge in [0.15, 0.2) is 11.5 Å². The van der Waals surface area contributed by atoms with Crippen LogP contribution in [0.1, 0.15) is 28.7 Å². The van der Waals surface area contributed by atoms with Gasteiger partial charge in [-0.05, 0) is 54.7 Å². The van der Waals surface area contributed by atoms with Crippen LogP contribution in [0.4, 0.5) is 0 Å². The predicted octanol–water partition coefficient (Wildman–Crippen LogP) is 3.64. The van der Waals surface area contributed by atoms with E-state index in [-0.39, 0.29) is 19.0 Å². The fourth-order valence-corrected chi connectivity index (χ4v) is 4.51. The molecule has 0 spiro atoms. The molecular formula is C28H33NO8. The van der Waals surface area contributed by atoms with Crippen LogP contribution >= 0.6 is 0 Å². The average molecular weight is 512 g/mol. The van der Waals surface area contributed by atoms with E-state index < -0.39 is 5.63 Å². The number of aryl methyl sites for hydroxylation is 2. The Balaban J connectivity index is 1.55. The maximum atomic E-state index is 12.2. The van der Waals surface area contributed by atoms with Gasteiger partial charge in [0.05, 0.1) is 26.4 Å². The van der Waals surface area contributed by atoms with Crippen molar-refractivity contribution >= 4 is 16.9 Å². The zero-order chi connectivity index (χ0) is 26.4. The maximum absolute atomic E-state index is 12.2. The number of ether oxygens (including phenoxy) is 5. The molecule has 198 valence electrons. The standard InChI is InChI=1S/C28H33NO8/c1-18-13-26(31)37-28-21(18)15-20(6-8-25(30)35-12-11-32-2)27-22(28)16-29(17-36-27)10-9-19-5-7-23(33-3)24(14-19)34-4/h5,7,13-15H,6,8-12,16-17H2,1-4H3. The second kappa shape index (κ2) is 12.1. The Morgan fingerprint density at radius 1 is 1.03 bits per heavy atom. The van der Waals surface area contributed by atoms with Crippen molar-refractivity contribution in [2.24, 2.45) is 0 Å². The lowest BCUT2D eigenvalue weighted by Gasteiger charge is -2.31. The molecule has 2 heterocycles. The molecule has 0 atom stereocenters. The summed E-state index contributed by atoms with van der Waals surface area (Å²) in [5, 5.41) is 0.839. The summed E-state index contributed by atoms with van der Waals surface area (Å²) < 4.78 is 32.7. The van der Waals surface area contributed by atoms with E-state index in [0.717, 1.165) is 40.6 Å². The van der Waals surface area contributed by atoms with E-state index in [1.165, 1.54) is 6.07 Å². The summed E-state index contributed by atoms with van der Waals surface area (Å²) in [5.74, 6) is 1.75. The first-order valence-electron chi connectivity index (χ1n) is 12.2. The van der Waals surface area contributed by atoms with Crippen LogP contribution in [0, 0.1) is 6.92 Å². The molecule has 1 aliphatic heterocycles. The first-order valence-corrected chi connectivity index (χ1v) is 12.2. The molecule has 1 aromatic heterocycles. The lowest BCUT2D eigenvalue weighted by molar-refractivity contribution is -0.144. The number of fused-ring (bicyclic) bond motifs is 3. The molecule has 9 heteroatoms. The molecular weight excluding hydrogens is 478 g/mol.